The molecule has 102 valence electrons. The average Bonchev–Trinajstić information content (AvgIpc) is 2.46. The first-order chi connectivity index (χ1) is 9.56. The molecule has 0 aliphatic carbocycles. The van der Waals surface area contributed by atoms with E-state index in [2.05, 4.69) is 11.8 Å². The van der Waals surface area contributed by atoms with E-state index in [4.69, 9.17) is 0 Å². The molecule has 2 aromatic carbocycles. The van der Waals surface area contributed by atoms with Gasteiger partial charge in [0.1, 0.15) is 11.9 Å². The summed E-state index contributed by atoms with van der Waals surface area (Å²) in [5.41, 5.74) is 2.84. The maximum Gasteiger partial charge on any atom is 0.123 e. The van der Waals surface area contributed by atoms with Gasteiger partial charge in [0.15, 0.2) is 0 Å². The number of hydrogen-bond donors (Lipinski definition) is 1. The van der Waals surface area contributed by atoms with Crippen LogP contribution in [0.1, 0.15) is 19.4 Å². The fraction of sp³-hybridized carbons (Fsp3) is 0.222. The standard InChI is InChI=1S/C18H17FO/c1-13(2)18(20)12-5-14-3-6-15(7-4-14)16-8-10-17(19)11-9-16/h3-4,6-11,13,18,20H,1-2H3. The number of halogens is 1. The van der Waals surface area contributed by atoms with Crippen molar-refractivity contribution in [1.29, 1.82) is 0 Å². The number of aliphatic hydroxyl groups excluding tert-OH is 1. The van der Waals surface area contributed by atoms with E-state index in [0.717, 1.165) is 16.7 Å². The Hall–Kier alpha value is -2.11. The lowest BCUT2D eigenvalue weighted by atomic mass is 10.0. The van der Waals surface area contributed by atoms with Gasteiger partial charge in [-0.15, -0.1) is 0 Å². The maximum atomic E-state index is 12.9. The van der Waals surface area contributed by atoms with Crippen LogP contribution in [0.3, 0.4) is 0 Å². The molecule has 0 bridgehead atoms. The summed E-state index contributed by atoms with van der Waals surface area (Å²) in [5, 5.41) is 9.64. The lowest BCUT2D eigenvalue weighted by Gasteiger charge is -2.05. The van der Waals surface area contributed by atoms with Crippen molar-refractivity contribution in [3.63, 3.8) is 0 Å². The summed E-state index contributed by atoms with van der Waals surface area (Å²) in [4.78, 5) is 0. The van der Waals surface area contributed by atoms with Crippen LogP contribution in [0.15, 0.2) is 48.5 Å². The summed E-state index contributed by atoms with van der Waals surface area (Å²) in [6.07, 6.45) is -0.605. The number of hydrogen-bond acceptors (Lipinski definition) is 1. The summed E-state index contributed by atoms with van der Waals surface area (Å²) in [7, 11) is 0. The minimum atomic E-state index is -0.605. The molecule has 1 atom stereocenters. The second-order valence-electron chi connectivity index (χ2n) is 5.04. The average molecular weight is 268 g/mol. The summed E-state index contributed by atoms with van der Waals surface area (Å²) in [5.74, 6) is 5.66. The van der Waals surface area contributed by atoms with Crippen molar-refractivity contribution in [2.45, 2.75) is 20.0 Å². The lowest BCUT2D eigenvalue weighted by Crippen LogP contribution is -2.11. The van der Waals surface area contributed by atoms with Gasteiger partial charge in [-0.05, 0) is 41.3 Å². The first-order valence-corrected chi connectivity index (χ1v) is 6.62. The van der Waals surface area contributed by atoms with Crippen LogP contribution in [0.5, 0.6) is 0 Å². The molecule has 1 unspecified atom stereocenters. The SMILES string of the molecule is CC(C)C(O)C#Cc1ccc(-c2ccc(F)cc2)cc1. The molecule has 0 aliphatic heterocycles. The molecule has 0 radical (unpaired) electrons. The Kier molecular flexibility index (Phi) is 4.55. The molecule has 2 rings (SSSR count). The third-order valence-electron chi connectivity index (χ3n) is 3.06. The van der Waals surface area contributed by atoms with Gasteiger partial charge in [-0.3, -0.25) is 0 Å². The van der Waals surface area contributed by atoms with Crippen molar-refractivity contribution in [2.75, 3.05) is 0 Å². The highest BCUT2D eigenvalue weighted by Crippen LogP contribution is 2.19. The molecular weight excluding hydrogens is 251 g/mol. The summed E-state index contributed by atoms with van der Waals surface area (Å²) in [6, 6.07) is 14.1. The molecule has 0 spiro atoms. The van der Waals surface area contributed by atoms with E-state index in [0.29, 0.717) is 0 Å². The van der Waals surface area contributed by atoms with Crippen LogP contribution >= 0.6 is 0 Å². The molecule has 0 fully saturated rings. The van der Waals surface area contributed by atoms with Crippen LogP contribution in [0.4, 0.5) is 4.39 Å². The van der Waals surface area contributed by atoms with Gasteiger partial charge in [-0.2, -0.15) is 0 Å². The molecule has 20 heavy (non-hydrogen) atoms. The van der Waals surface area contributed by atoms with E-state index in [-0.39, 0.29) is 11.7 Å². The lowest BCUT2D eigenvalue weighted by molar-refractivity contribution is 0.181. The molecule has 0 saturated carbocycles. The molecule has 2 heteroatoms. The van der Waals surface area contributed by atoms with Crippen molar-refractivity contribution < 1.29 is 9.50 Å². The minimum absolute atomic E-state index is 0.126. The van der Waals surface area contributed by atoms with Gasteiger partial charge in [0.05, 0.1) is 0 Å². The van der Waals surface area contributed by atoms with Gasteiger partial charge in [0.25, 0.3) is 0 Å². The molecule has 1 nitrogen and oxygen atoms in total. The molecule has 0 amide bonds. The Labute approximate surface area is 119 Å². The third kappa shape index (κ3) is 3.69. The fourth-order valence-corrected chi connectivity index (χ4v) is 1.71. The predicted octanol–water partition coefficient (Wildman–Crippen LogP) is 3.86. The van der Waals surface area contributed by atoms with E-state index < -0.39 is 6.10 Å². The monoisotopic (exact) mass is 268 g/mol. The van der Waals surface area contributed by atoms with E-state index >= 15 is 0 Å². The maximum absolute atomic E-state index is 12.9. The topological polar surface area (TPSA) is 20.2 Å². The Morgan fingerprint density at radius 1 is 0.900 bits per heavy atom. The zero-order valence-electron chi connectivity index (χ0n) is 11.6. The summed E-state index contributed by atoms with van der Waals surface area (Å²) in [6.45, 7) is 3.86. The van der Waals surface area contributed by atoms with Gasteiger partial charge in [-0.25, -0.2) is 4.39 Å². The number of benzene rings is 2. The minimum Gasteiger partial charge on any atom is -0.380 e. The van der Waals surface area contributed by atoms with E-state index in [1.165, 1.54) is 12.1 Å². The normalized spacial score (nSPS) is 11.8. The zero-order chi connectivity index (χ0) is 14.5. The molecule has 2 aromatic rings. The van der Waals surface area contributed by atoms with Crippen LogP contribution in [0.2, 0.25) is 0 Å². The second kappa shape index (κ2) is 6.36. The largest absolute Gasteiger partial charge is 0.380 e. The molecule has 0 aromatic heterocycles. The first kappa shape index (κ1) is 14.3. The Bertz CT molecular complexity index is 615. The smallest absolute Gasteiger partial charge is 0.123 e. The molecule has 0 saturated heterocycles. The van der Waals surface area contributed by atoms with Crippen molar-refractivity contribution in [1.82, 2.24) is 0 Å². The number of rotatable bonds is 2. The van der Waals surface area contributed by atoms with Gasteiger partial charge < -0.3 is 5.11 Å². The van der Waals surface area contributed by atoms with E-state index in [1.807, 2.05) is 38.1 Å². The fourth-order valence-electron chi connectivity index (χ4n) is 1.71. The predicted molar refractivity (Wildman–Crippen MR) is 79.6 cm³/mol. The van der Waals surface area contributed by atoms with Gasteiger partial charge in [-0.1, -0.05) is 50.0 Å². The Balaban J connectivity index is 2.16. The molecule has 1 N–H and O–H groups in total. The van der Waals surface area contributed by atoms with E-state index in [1.54, 1.807) is 12.1 Å². The Morgan fingerprint density at radius 2 is 1.40 bits per heavy atom. The quantitative estimate of drug-likeness (QED) is 0.820. The van der Waals surface area contributed by atoms with Crippen molar-refractivity contribution >= 4 is 0 Å². The van der Waals surface area contributed by atoms with Crippen LogP contribution in [0, 0.1) is 23.6 Å². The molecular formula is C18H17FO. The highest BCUT2D eigenvalue weighted by molar-refractivity contribution is 5.64. The first-order valence-electron chi connectivity index (χ1n) is 6.62. The van der Waals surface area contributed by atoms with Crippen molar-refractivity contribution in [2.24, 2.45) is 5.92 Å². The van der Waals surface area contributed by atoms with E-state index in [9.17, 15) is 9.50 Å². The summed E-state index contributed by atoms with van der Waals surface area (Å²) >= 11 is 0. The van der Waals surface area contributed by atoms with Crippen molar-refractivity contribution in [3.05, 3.63) is 59.9 Å². The van der Waals surface area contributed by atoms with Crippen LogP contribution < -0.4 is 0 Å². The number of aliphatic hydroxyl groups is 1. The van der Waals surface area contributed by atoms with Crippen LogP contribution in [0.25, 0.3) is 11.1 Å². The van der Waals surface area contributed by atoms with Gasteiger partial charge >= 0.3 is 0 Å². The van der Waals surface area contributed by atoms with Crippen molar-refractivity contribution in [3.8, 4) is 23.0 Å². The van der Waals surface area contributed by atoms with Gasteiger partial charge in [0, 0.05) is 5.56 Å². The summed E-state index contributed by atoms with van der Waals surface area (Å²) < 4.78 is 12.9. The van der Waals surface area contributed by atoms with Crippen LogP contribution in [-0.2, 0) is 0 Å². The second-order valence-corrected chi connectivity index (χ2v) is 5.04. The highest BCUT2D eigenvalue weighted by atomic mass is 19.1. The molecule has 0 aliphatic rings. The third-order valence-corrected chi connectivity index (χ3v) is 3.06. The molecule has 0 heterocycles. The highest BCUT2D eigenvalue weighted by Gasteiger charge is 2.03. The zero-order valence-corrected chi connectivity index (χ0v) is 11.6. The Morgan fingerprint density at radius 3 is 1.90 bits per heavy atom. The van der Waals surface area contributed by atoms with Crippen LogP contribution in [-0.4, -0.2) is 11.2 Å². The van der Waals surface area contributed by atoms with Gasteiger partial charge in [0.2, 0.25) is 0 Å².